The monoisotopic (exact) mass is 498 g/mol. The standard InChI is InChI=1S/C32H26N4O2/c1-21(27-15-7-11-23-9-3-5-13-29(23)27)33-35-31(37)25-17-19-26(20-18-25)32(38)36-34-22(2)28-16-8-12-24-10-4-6-14-30(24)28/h3-20H,1-2H3,(H,35,37)(H,36,38). The van der Waals surface area contributed by atoms with Crippen molar-refractivity contribution in [3.8, 4) is 0 Å². The number of amides is 2. The highest BCUT2D eigenvalue weighted by Crippen LogP contribution is 2.20. The van der Waals surface area contributed by atoms with Gasteiger partial charge in [-0.25, -0.2) is 10.9 Å². The third kappa shape index (κ3) is 5.20. The van der Waals surface area contributed by atoms with Crippen LogP contribution in [0.4, 0.5) is 0 Å². The van der Waals surface area contributed by atoms with Crippen molar-refractivity contribution in [3.63, 3.8) is 0 Å². The highest BCUT2D eigenvalue weighted by atomic mass is 16.2. The molecule has 2 amide bonds. The molecular weight excluding hydrogens is 472 g/mol. The summed E-state index contributed by atoms with van der Waals surface area (Å²) in [6.07, 6.45) is 0. The van der Waals surface area contributed by atoms with E-state index in [1.807, 2.05) is 98.8 Å². The van der Waals surface area contributed by atoms with Crippen LogP contribution >= 0.6 is 0 Å². The number of nitrogens with zero attached hydrogens (tertiary/aromatic N) is 2. The van der Waals surface area contributed by atoms with Gasteiger partial charge < -0.3 is 0 Å². The van der Waals surface area contributed by atoms with Crippen molar-refractivity contribution in [3.05, 3.63) is 131 Å². The molecule has 0 saturated heterocycles. The lowest BCUT2D eigenvalue weighted by Crippen LogP contribution is -2.21. The Kier molecular flexibility index (Phi) is 7.04. The Hall–Kier alpha value is -5.10. The van der Waals surface area contributed by atoms with E-state index in [0.29, 0.717) is 22.6 Å². The summed E-state index contributed by atoms with van der Waals surface area (Å²) in [6, 6.07) is 34.4. The molecule has 0 aliphatic rings. The van der Waals surface area contributed by atoms with Crippen molar-refractivity contribution in [1.82, 2.24) is 10.9 Å². The molecule has 5 aromatic carbocycles. The molecule has 6 nitrogen and oxygen atoms in total. The lowest BCUT2D eigenvalue weighted by molar-refractivity contribution is 0.0943. The maximum atomic E-state index is 12.7. The van der Waals surface area contributed by atoms with Gasteiger partial charge in [-0.05, 0) is 59.7 Å². The average molecular weight is 499 g/mol. The first kappa shape index (κ1) is 24.6. The molecule has 0 fully saturated rings. The Balaban J connectivity index is 1.24. The molecule has 0 heterocycles. The van der Waals surface area contributed by atoms with Gasteiger partial charge in [0.05, 0.1) is 11.4 Å². The maximum Gasteiger partial charge on any atom is 0.271 e. The van der Waals surface area contributed by atoms with E-state index in [-0.39, 0.29) is 11.8 Å². The van der Waals surface area contributed by atoms with Gasteiger partial charge in [0.2, 0.25) is 0 Å². The predicted molar refractivity (Wildman–Crippen MR) is 154 cm³/mol. The van der Waals surface area contributed by atoms with Gasteiger partial charge in [-0.2, -0.15) is 10.2 Å². The summed E-state index contributed by atoms with van der Waals surface area (Å²) >= 11 is 0. The number of benzene rings is 5. The topological polar surface area (TPSA) is 82.9 Å². The molecule has 186 valence electrons. The number of carbonyl (C=O) groups is 2. The number of fused-ring (bicyclic) bond motifs is 2. The normalized spacial score (nSPS) is 11.9. The molecule has 5 aromatic rings. The maximum absolute atomic E-state index is 12.7. The highest BCUT2D eigenvalue weighted by molar-refractivity contribution is 6.11. The zero-order chi connectivity index (χ0) is 26.5. The van der Waals surface area contributed by atoms with Crippen molar-refractivity contribution in [2.75, 3.05) is 0 Å². The fraction of sp³-hybridized carbons (Fsp3) is 0.0625. The van der Waals surface area contributed by atoms with Crippen molar-refractivity contribution in [2.45, 2.75) is 13.8 Å². The van der Waals surface area contributed by atoms with Gasteiger partial charge in [0.25, 0.3) is 11.8 Å². The molecule has 38 heavy (non-hydrogen) atoms. The predicted octanol–water partition coefficient (Wildman–Crippen LogP) is 6.30. The number of hydrogen-bond donors (Lipinski definition) is 2. The van der Waals surface area contributed by atoms with Crippen LogP contribution in [0.2, 0.25) is 0 Å². The first-order valence-corrected chi connectivity index (χ1v) is 12.3. The lowest BCUT2D eigenvalue weighted by atomic mass is 10.0. The summed E-state index contributed by atoms with van der Waals surface area (Å²) in [6.45, 7) is 3.71. The summed E-state index contributed by atoms with van der Waals surface area (Å²) in [5.74, 6) is -0.720. The van der Waals surface area contributed by atoms with Crippen molar-refractivity contribution in [2.24, 2.45) is 10.2 Å². The molecule has 6 heteroatoms. The number of rotatable bonds is 6. The first-order valence-electron chi connectivity index (χ1n) is 12.3. The fourth-order valence-electron chi connectivity index (χ4n) is 4.37. The number of nitrogens with one attached hydrogen (secondary N) is 2. The molecular formula is C32H26N4O2. The van der Waals surface area contributed by atoms with Crippen LogP contribution < -0.4 is 10.9 Å². The number of carbonyl (C=O) groups excluding carboxylic acids is 2. The van der Waals surface area contributed by atoms with Gasteiger partial charge in [0, 0.05) is 22.3 Å². The van der Waals surface area contributed by atoms with Gasteiger partial charge in [-0.3, -0.25) is 9.59 Å². The van der Waals surface area contributed by atoms with Gasteiger partial charge in [-0.1, -0.05) is 84.9 Å². The molecule has 5 rings (SSSR count). The molecule has 0 aliphatic carbocycles. The molecule has 0 spiro atoms. The van der Waals surface area contributed by atoms with Crippen LogP contribution in [0.25, 0.3) is 21.5 Å². The van der Waals surface area contributed by atoms with Gasteiger partial charge in [-0.15, -0.1) is 0 Å². The summed E-state index contributed by atoms with van der Waals surface area (Å²) in [5.41, 5.74) is 9.32. The molecule has 0 aromatic heterocycles. The zero-order valence-electron chi connectivity index (χ0n) is 21.1. The smallest absolute Gasteiger partial charge is 0.267 e. The van der Waals surface area contributed by atoms with E-state index in [2.05, 4.69) is 21.1 Å². The first-order chi connectivity index (χ1) is 18.5. The molecule has 0 bridgehead atoms. The van der Waals surface area contributed by atoms with E-state index < -0.39 is 0 Å². The van der Waals surface area contributed by atoms with Crippen molar-refractivity contribution < 1.29 is 9.59 Å². The molecule has 0 unspecified atom stereocenters. The quantitative estimate of drug-likeness (QED) is 0.213. The highest BCUT2D eigenvalue weighted by Gasteiger charge is 2.10. The third-order valence-electron chi connectivity index (χ3n) is 6.42. The van der Waals surface area contributed by atoms with Gasteiger partial charge in [0.15, 0.2) is 0 Å². The Morgan fingerprint density at radius 3 is 1.29 bits per heavy atom. The fourth-order valence-corrected chi connectivity index (χ4v) is 4.37. The van der Waals surface area contributed by atoms with E-state index in [4.69, 9.17) is 0 Å². The van der Waals surface area contributed by atoms with Crippen molar-refractivity contribution >= 4 is 44.8 Å². The van der Waals surface area contributed by atoms with Crippen LogP contribution in [0.3, 0.4) is 0 Å². The zero-order valence-corrected chi connectivity index (χ0v) is 21.1. The summed E-state index contributed by atoms with van der Waals surface area (Å²) in [4.78, 5) is 25.3. The SMILES string of the molecule is CC(=NNC(=O)c1ccc(C(=O)NN=C(C)c2cccc3ccccc23)cc1)c1cccc2ccccc12. The van der Waals surface area contributed by atoms with Crippen molar-refractivity contribution in [1.29, 1.82) is 0 Å². The van der Waals surface area contributed by atoms with Gasteiger partial charge in [0.1, 0.15) is 0 Å². The average Bonchev–Trinajstić information content (AvgIpc) is 2.97. The minimum Gasteiger partial charge on any atom is -0.267 e. The molecule has 0 atom stereocenters. The second-order valence-electron chi connectivity index (χ2n) is 8.91. The van der Waals surface area contributed by atoms with Crippen LogP contribution in [-0.4, -0.2) is 23.2 Å². The summed E-state index contributed by atoms with van der Waals surface area (Å²) < 4.78 is 0. The van der Waals surface area contributed by atoms with E-state index in [0.717, 1.165) is 32.7 Å². The summed E-state index contributed by atoms with van der Waals surface area (Å²) in [7, 11) is 0. The Labute approximate surface area is 220 Å². The minimum absolute atomic E-state index is 0.360. The van der Waals surface area contributed by atoms with Crippen LogP contribution in [0.5, 0.6) is 0 Å². The van der Waals surface area contributed by atoms with E-state index in [1.54, 1.807) is 24.3 Å². The third-order valence-corrected chi connectivity index (χ3v) is 6.42. The Morgan fingerprint density at radius 2 is 0.868 bits per heavy atom. The Morgan fingerprint density at radius 1 is 0.500 bits per heavy atom. The number of hydrogen-bond acceptors (Lipinski definition) is 4. The van der Waals surface area contributed by atoms with Crippen LogP contribution in [0.1, 0.15) is 45.7 Å². The molecule has 0 radical (unpaired) electrons. The second kappa shape index (κ2) is 10.9. The van der Waals surface area contributed by atoms with E-state index in [9.17, 15) is 9.59 Å². The lowest BCUT2D eigenvalue weighted by Gasteiger charge is -2.08. The van der Waals surface area contributed by atoms with Crippen LogP contribution in [0.15, 0.2) is 119 Å². The molecule has 0 aliphatic heterocycles. The van der Waals surface area contributed by atoms with E-state index in [1.165, 1.54) is 0 Å². The molecule has 2 N–H and O–H groups in total. The minimum atomic E-state index is -0.360. The molecule has 0 saturated carbocycles. The van der Waals surface area contributed by atoms with E-state index >= 15 is 0 Å². The van der Waals surface area contributed by atoms with Gasteiger partial charge >= 0.3 is 0 Å². The Bertz CT molecular complexity index is 1580. The van der Waals surface area contributed by atoms with Crippen LogP contribution in [0, 0.1) is 0 Å². The van der Waals surface area contributed by atoms with Crippen LogP contribution in [-0.2, 0) is 0 Å². The second-order valence-corrected chi connectivity index (χ2v) is 8.91. The largest absolute Gasteiger partial charge is 0.271 e. The summed E-state index contributed by atoms with van der Waals surface area (Å²) in [5, 5.41) is 12.9. The number of hydrazone groups is 2.